The molecular formula is C12H18N6O. The molecule has 102 valence electrons. The van der Waals surface area contributed by atoms with E-state index in [4.69, 9.17) is 10.5 Å². The van der Waals surface area contributed by atoms with Crippen molar-refractivity contribution in [1.82, 2.24) is 19.7 Å². The van der Waals surface area contributed by atoms with Gasteiger partial charge in [0.05, 0.1) is 12.8 Å². The average molecular weight is 262 g/mol. The first-order valence-corrected chi connectivity index (χ1v) is 6.05. The number of nitrogen functional groups attached to an aromatic ring is 1. The van der Waals surface area contributed by atoms with Gasteiger partial charge in [-0.1, -0.05) is 6.92 Å². The summed E-state index contributed by atoms with van der Waals surface area (Å²) in [6.45, 7) is 2.69. The maximum Gasteiger partial charge on any atom is 0.203 e. The van der Waals surface area contributed by atoms with Gasteiger partial charge in [-0.05, 0) is 6.42 Å². The predicted octanol–water partition coefficient (Wildman–Crippen LogP) is 0.975. The van der Waals surface area contributed by atoms with Crippen LogP contribution in [0.3, 0.4) is 0 Å². The number of nitrogens with one attached hydrogen (secondary N) is 1. The molecule has 0 amide bonds. The van der Waals surface area contributed by atoms with Crippen LogP contribution in [0.2, 0.25) is 0 Å². The Morgan fingerprint density at radius 1 is 1.42 bits per heavy atom. The maximum absolute atomic E-state index is 5.73. The van der Waals surface area contributed by atoms with Crippen LogP contribution in [0.15, 0.2) is 12.5 Å². The van der Waals surface area contributed by atoms with Gasteiger partial charge in [0.15, 0.2) is 11.6 Å². The van der Waals surface area contributed by atoms with Crippen LogP contribution in [0.4, 0.5) is 11.6 Å². The Bertz CT molecular complexity index is 565. The molecule has 0 saturated carbocycles. The fourth-order valence-corrected chi connectivity index (χ4v) is 1.92. The van der Waals surface area contributed by atoms with Crippen LogP contribution in [-0.2, 0) is 20.0 Å². The largest absolute Gasteiger partial charge is 0.490 e. The first-order valence-electron chi connectivity index (χ1n) is 6.05. The highest BCUT2D eigenvalue weighted by molar-refractivity contribution is 5.61. The Labute approximate surface area is 111 Å². The molecule has 0 aromatic carbocycles. The summed E-state index contributed by atoms with van der Waals surface area (Å²) in [5.41, 5.74) is 7.92. The van der Waals surface area contributed by atoms with Crippen LogP contribution in [0.25, 0.3) is 0 Å². The van der Waals surface area contributed by atoms with Gasteiger partial charge in [-0.3, -0.25) is 4.68 Å². The Morgan fingerprint density at radius 3 is 2.89 bits per heavy atom. The first-order chi connectivity index (χ1) is 9.15. The summed E-state index contributed by atoms with van der Waals surface area (Å²) in [6.07, 6.45) is 4.29. The fourth-order valence-electron chi connectivity index (χ4n) is 1.92. The molecule has 7 heteroatoms. The van der Waals surface area contributed by atoms with E-state index in [1.807, 2.05) is 13.2 Å². The van der Waals surface area contributed by atoms with Gasteiger partial charge in [-0.15, -0.1) is 0 Å². The Kier molecular flexibility index (Phi) is 3.84. The molecule has 0 aliphatic carbocycles. The van der Waals surface area contributed by atoms with Gasteiger partial charge in [0.1, 0.15) is 6.33 Å². The van der Waals surface area contributed by atoms with E-state index in [0.717, 1.165) is 17.7 Å². The van der Waals surface area contributed by atoms with Gasteiger partial charge in [-0.25, -0.2) is 9.97 Å². The SMILES string of the molecule is CCc1nn(C)cc1CNc1ncnc(N)c1OC. The van der Waals surface area contributed by atoms with Gasteiger partial charge in [-0.2, -0.15) is 5.10 Å². The summed E-state index contributed by atoms with van der Waals surface area (Å²) in [5, 5.41) is 7.59. The summed E-state index contributed by atoms with van der Waals surface area (Å²) < 4.78 is 7.00. The van der Waals surface area contributed by atoms with Gasteiger partial charge in [0.25, 0.3) is 0 Å². The molecule has 0 aliphatic heterocycles. The lowest BCUT2D eigenvalue weighted by Crippen LogP contribution is -2.07. The number of nitrogens with zero attached hydrogens (tertiary/aromatic N) is 4. The minimum absolute atomic E-state index is 0.321. The van der Waals surface area contributed by atoms with Gasteiger partial charge < -0.3 is 15.8 Å². The Hall–Kier alpha value is -2.31. The van der Waals surface area contributed by atoms with E-state index >= 15 is 0 Å². The Morgan fingerprint density at radius 2 is 2.21 bits per heavy atom. The van der Waals surface area contributed by atoms with Crippen LogP contribution < -0.4 is 15.8 Å². The molecule has 2 heterocycles. The molecule has 19 heavy (non-hydrogen) atoms. The topological polar surface area (TPSA) is 90.9 Å². The van der Waals surface area contributed by atoms with Crippen molar-refractivity contribution in [3.8, 4) is 5.75 Å². The summed E-state index contributed by atoms with van der Waals surface area (Å²) in [5.74, 6) is 1.37. The number of anilines is 2. The number of aryl methyl sites for hydroxylation is 2. The standard InChI is InChI=1S/C12H18N6O/c1-4-9-8(6-18(2)17-9)5-14-12-10(19-3)11(13)15-7-16-12/h6-7H,4-5H2,1-3H3,(H3,13,14,15,16). The van der Waals surface area contributed by atoms with Crippen molar-refractivity contribution in [2.75, 3.05) is 18.2 Å². The quantitative estimate of drug-likeness (QED) is 0.834. The summed E-state index contributed by atoms with van der Waals surface area (Å²) in [4.78, 5) is 8.02. The van der Waals surface area contributed by atoms with Crippen LogP contribution in [0.1, 0.15) is 18.2 Å². The van der Waals surface area contributed by atoms with E-state index in [0.29, 0.717) is 23.9 Å². The lowest BCUT2D eigenvalue weighted by atomic mass is 10.2. The molecule has 0 unspecified atom stereocenters. The van der Waals surface area contributed by atoms with Gasteiger partial charge >= 0.3 is 0 Å². The lowest BCUT2D eigenvalue weighted by molar-refractivity contribution is 0.415. The summed E-state index contributed by atoms with van der Waals surface area (Å²) in [7, 11) is 3.45. The maximum atomic E-state index is 5.73. The smallest absolute Gasteiger partial charge is 0.203 e. The fraction of sp³-hybridized carbons (Fsp3) is 0.417. The van der Waals surface area contributed by atoms with Crippen molar-refractivity contribution in [1.29, 1.82) is 0 Å². The van der Waals surface area contributed by atoms with E-state index in [-0.39, 0.29) is 0 Å². The highest BCUT2D eigenvalue weighted by atomic mass is 16.5. The second-order valence-corrected chi connectivity index (χ2v) is 4.12. The number of hydrogen-bond acceptors (Lipinski definition) is 6. The molecule has 0 bridgehead atoms. The minimum atomic E-state index is 0.321. The highest BCUT2D eigenvalue weighted by Gasteiger charge is 2.11. The lowest BCUT2D eigenvalue weighted by Gasteiger charge is -2.10. The number of nitrogens with two attached hydrogens (primary N) is 1. The van der Waals surface area contributed by atoms with Crippen molar-refractivity contribution < 1.29 is 4.74 Å². The summed E-state index contributed by atoms with van der Waals surface area (Å²) >= 11 is 0. The number of methoxy groups -OCH3 is 1. The average Bonchev–Trinajstić information content (AvgIpc) is 2.76. The predicted molar refractivity (Wildman–Crippen MR) is 72.9 cm³/mol. The Balaban J connectivity index is 2.16. The number of rotatable bonds is 5. The van der Waals surface area contributed by atoms with Gasteiger partial charge in [0, 0.05) is 25.4 Å². The van der Waals surface area contributed by atoms with E-state index in [1.165, 1.54) is 6.33 Å². The summed E-state index contributed by atoms with van der Waals surface area (Å²) in [6, 6.07) is 0. The van der Waals surface area contributed by atoms with Crippen molar-refractivity contribution in [2.45, 2.75) is 19.9 Å². The number of aromatic nitrogens is 4. The zero-order chi connectivity index (χ0) is 13.8. The normalized spacial score (nSPS) is 10.5. The molecule has 0 radical (unpaired) electrons. The molecule has 0 fully saturated rings. The molecule has 0 atom stereocenters. The third kappa shape index (κ3) is 2.75. The first kappa shape index (κ1) is 13.1. The van der Waals surface area contributed by atoms with Crippen molar-refractivity contribution >= 4 is 11.6 Å². The molecule has 0 saturated heterocycles. The van der Waals surface area contributed by atoms with Crippen molar-refractivity contribution in [3.63, 3.8) is 0 Å². The van der Waals surface area contributed by atoms with Crippen LogP contribution >= 0.6 is 0 Å². The van der Waals surface area contributed by atoms with Gasteiger partial charge in [0.2, 0.25) is 5.75 Å². The van der Waals surface area contributed by atoms with Crippen LogP contribution in [-0.4, -0.2) is 26.9 Å². The van der Waals surface area contributed by atoms with E-state index in [1.54, 1.807) is 11.8 Å². The van der Waals surface area contributed by atoms with Crippen molar-refractivity contribution in [3.05, 3.63) is 23.8 Å². The molecule has 2 rings (SSSR count). The second-order valence-electron chi connectivity index (χ2n) is 4.12. The molecule has 7 nitrogen and oxygen atoms in total. The number of hydrogen-bond donors (Lipinski definition) is 2. The van der Waals surface area contributed by atoms with Crippen molar-refractivity contribution in [2.24, 2.45) is 7.05 Å². The zero-order valence-electron chi connectivity index (χ0n) is 11.3. The van der Waals surface area contributed by atoms with E-state index < -0.39 is 0 Å². The molecule has 2 aromatic heterocycles. The molecule has 3 N–H and O–H groups in total. The molecule has 0 aliphatic rings. The van der Waals surface area contributed by atoms with E-state index in [9.17, 15) is 0 Å². The second kappa shape index (κ2) is 5.55. The number of ether oxygens (including phenoxy) is 1. The third-order valence-corrected chi connectivity index (χ3v) is 2.81. The van der Waals surface area contributed by atoms with Crippen LogP contribution in [0, 0.1) is 0 Å². The van der Waals surface area contributed by atoms with E-state index in [2.05, 4.69) is 27.3 Å². The third-order valence-electron chi connectivity index (χ3n) is 2.81. The molecular weight excluding hydrogens is 244 g/mol. The molecule has 2 aromatic rings. The minimum Gasteiger partial charge on any atom is -0.490 e. The van der Waals surface area contributed by atoms with Crippen LogP contribution in [0.5, 0.6) is 5.75 Å². The monoisotopic (exact) mass is 262 g/mol. The molecule has 0 spiro atoms. The highest BCUT2D eigenvalue weighted by Crippen LogP contribution is 2.26. The zero-order valence-corrected chi connectivity index (χ0v) is 11.3.